The van der Waals surface area contributed by atoms with Crippen molar-refractivity contribution in [2.24, 2.45) is 0 Å². The minimum Gasteiger partial charge on any atom is -0.317 e. The summed E-state index contributed by atoms with van der Waals surface area (Å²) in [5.41, 5.74) is 14.0. The normalized spacial score (nSPS) is 13.1. The second-order valence-electron chi connectivity index (χ2n) is 13.8. The van der Waals surface area contributed by atoms with Gasteiger partial charge in [-0.05, 0) is 109 Å². The van der Waals surface area contributed by atoms with Crippen LogP contribution < -0.4 is 4.90 Å². The molecule has 1 aliphatic rings. The van der Waals surface area contributed by atoms with Crippen LogP contribution in [0.4, 0.5) is 11.4 Å². The van der Waals surface area contributed by atoms with Crippen molar-refractivity contribution in [2.45, 2.75) is 5.41 Å². The van der Waals surface area contributed by atoms with Crippen molar-refractivity contribution in [3.05, 3.63) is 259 Å². The highest BCUT2D eigenvalue weighted by molar-refractivity contribution is 5.92. The van der Waals surface area contributed by atoms with E-state index in [0.717, 1.165) is 22.5 Å². The molecule has 1 nitrogen and oxygen atoms in total. The summed E-state index contributed by atoms with van der Waals surface area (Å²) in [5.74, 6) is 0. The molecule has 0 unspecified atom stereocenters. The Hall–Kier alpha value is -6.96. The molecule has 8 aromatic rings. The third-order valence-corrected chi connectivity index (χ3v) is 10.7. The molecule has 1 aliphatic carbocycles. The van der Waals surface area contributed by atoms with Crippen molar-refractivity contribution in [1.29, 1.82) is 0 Å². The van der Waals surface area contributed by atoms with E-state index in [-0.39, 0.29) is 0 Å². The third-order valence-electron chi connectivity index (χ3n) is 10.7. The van der Waals surface area contributed by atoms with Gasteiger partial charge in [-0.2, -0.15) is 0 Å². The predicted octanol–water partition coefficient (Wildman–Crippen LogP) is 13.8. The van der Waals surface area contributed by atoms with Crippen LogP contribution in [0, 0.1) is 0 Å². The van der Waals surface area contributed by atoms with Gasteiger partial charge in [0.25, 0.3) is 0 Å². The Morgan fingerprint density at radius 1 is 0.463 bits per heavy atom. The van der Waals surface area contributed by atoms with Gasteiger partial charge in [0.15, 0.2) is 0 Å². The van der Waals surface area contributed by atoms with Crippen LogP contribution >= 0.6 is 0 Å². The minimum atomic E-state index is -0.478. The van der Waals surface area contributed by atoms with Crippen molar-refractivity contribution >= 4 is 27.7 Å². The van der Waals surface area contributed by atoms with E-state index in [2.05, 4.69) is 230 Å². The molecule has 0 N–H and O–H groups in total. The fourth-order valence-electron chi connectivity index (χ4n) is 8.26. The molecule has 0 amide bonds. The van der Waals surface area contributed by atoms with Crippen molar-refractivity contribution in [2.75, 3.05) is 4.90 Å². The molecule has 0 atom stereocenters. The van der Waals surface area contributed by atoms with Gasteiger partial charge in [0.05, 0.1) is 5.41 Å². The molecule has 0 aromatic heterocycles. The summed E-state index contributed by atoms with van der Waals surface area (Å²) in [5, 5.41) is 2.42. The van der Waals surface area contributed by atoms with Crippen LogP contribution in [-0.4, -0.2) is 0 Å². The van der Waals surface area contributed by atoms with Crippen molar-refractivity contribution in [3.63, 3.8) is 0 Å². The van der Waals surface area contributed by atoms with Crippen LogP contribution in [-0.2, 0) is 5.41 Å². The highest BCUT2D eigenvalue weighted by Crippen LogP contribution is 2.56. The molecule has 0 aliphatic heterocycles. The Bertz CT molecular complexity index is 2610. The standard InChI is InChI=1S/C53H39N/c1-2-17-39(42-30-28-41-29-31-43(37-44(41)36-42)40-18-7-3-8-19-40)34-35-54(47-24-13-6-14-25-47)48-32-33-50-49-26-15-16-27-51(49)53(52(50)38-48,45-20-9-4-10-21-45)46-22-11-5-12-23-46/h2-38H,1H2/b35-34-,39-17+. The summed E-state index contributed by atoms with van der Waals surface area (Å²) in [6.45, 7) is 4.09. The van der Waals surface area contributed by atoms with Gasteiger partial charge in [0, 0.05) is 17.6 Å². The van der Waals surface area contributed by atoms with E-state index in [9.17, 15) is 0 Å². The first-order valence-corrected chi connectivity index (χ1v) is 18.5. The molecular weight excluding hydrogens is 651 g/mol. The largest absolute Gasteiger partial charge is 0.317 e. The topological polar surface area (TPSA) is 3.24 Å². The van der Waals surface area contributed by atoms with E-state index in [4.69, 9.17) is 0 Å². The number of nitrogens with zero attached hydrogens (tertiary/aromatic N) is 1. The second kappa shape index (κ2) is 14.2. The molecule has 0 radical (unpaired) electrons. The van der Waals surface area contributed by atoms with E-state index in [0.29, 0.717) is 0 Å². The number of fused-ring (bicyclic) bond motifs is 4. The van der Waals surface area contributed by atoms with Crippen molar-refractivity contribution < 1.29 is 0 Å². The molecule has 0 heterocycles. The highest BCUT2D eigenvalue weighted by Gasteiger charge is 2.46. The van der Waals surface area contributed by atoms with Crippen molar-refractivity contribution in [3.8, 4) is 22.3 Å². The molecule has 256 valence electrons. The number of para-hydroxylation sites is 1. The zero-order chi connectivity index (χ0) is 36.3. The lowest BCUT2D eigenvalue weighted by atomic mass is 9.67. The van der Waals surface area contributed by atoms with Gasteiger partial charge in [0.2, 0.25) is 0 Å². The number of hydrogen-bond donors (Lipinski definition) is 0. The summed E-state index contributed by atoms with van der Waals surface area (Å²) in [6.07, 6.45) is 8.38. The Kier molecular flexibility index (Phi) is 8.67. The van der Waals surface area contributed by atoms with Gasteiger partial charge < -0.3 is 4.90 Å². The fraction of sp³-hybridized carbons (Fsp3) is 0.0189. The Morgan fingerprint density at radius 2 is 1.07 bits per heavy atom. The molecule has 0 saturated heterocycles. The average molecular weight is 690 g/mol. The van der Waals surface area contributed by atoms with Gasteiger partial charge >= 0.3 is 0 Å². The first-order chi connectivity index (χ1) is 26.7. The maximum atomic E-state index is 4.09. The fourth-order valence-corrected chi connectivity index (χ4v) is 8.26. The first kappa shape index (κ1) is 32.9. The van der Waals surface area contributed by atoms with Crippen LogP contribution in [0.1, 0.15) is 27.8 Å². The molecule has 9 rings (SSSR count). The van der Waals surface area contributed by atoms with E-state index in [1.165, 1.54) is 55.3 Å². The smallest absolute Gasteiger partial charge is 0.0714 e. The average Bonchev–Trinajstić information content (AvgIpc) is 3.55. The Balaban J connectivity index is 1.18. The van der Waals surface area contributed by atoms with Crippen LogP contribution in [0.2, 0.25) is 0 Å². The van der Waals surface area contributed by atoms with E-state index >= 15 is 0 Å². The number of hydrogen-bond acceptors (Lipinski definition) is 1. The summed E-state index contributed by atoms with van der Waals surface area (Å²) in [4.78, 5) is 2.30. The number of rotatable bonds is 9. The number of anilines is 2. The van der Waals surface area contributed by atoms with Gasteiger partial charge in [-0.3, -0.25) is 0 Å². The maximum Gasteiger partial charge on any atom is 0.0714 e. The monoisotopic (exact) mass is 689 g/mol. The Morgan fingerprint density at radius 3 is 1.78 bits per heavy atom. The van der Waals surface area contributed by atoms with Crippen LogP contribution in [0.5, 0.6) is 0 Å². The van der Waals surface area contributed by atoms with Gasteiger partial charge in [-0.1, -0.05) is 183 Å². The van der Waals surface area contributed by atoms with Crippen molar-refractivity contribution in [1.82, 2.24) is 0 Å². The van der Waals surface area contributed by atoms with Gasteiger partial charge in [-0.25, -0.2) is 0 Å². The molecule has 0 bridgehead atoms. The zero-order valence-electron chi connectivity index (χ0n) is 30.0. The van der Waals surface area contributed by atoms with E-state index < -0.39 is 5.41 Å². The second-order valence-corrected chi connectivity index (χ2v) is 13.8. The quantitative estimate of drug-likeness (QED) is 0.136. The maximum absolute atomic E-state index is 4.09. The lowest BCUT2D eigenvalue weighted by molar-refractivity contribution is 0.768. The lowest BCUT2D eigenvalue weighted by Crippen LogP contribution is -2.28. The SMILES string of the molecule is C=C/C=C(\C=C/N(c1ccccc1)c1ccc2c(c1)C(c1ccccc1)(c1ccccc1)c1ccccc1-2)c1ccc2ccc(-c3ccccc3)cc2c1. The highest BCUT2D eigenvalue weighted by atomic mass is 15.1. The summed E-state index contributed by atoms with van der Waals surface area (Å²) in [6, 6.07) is 72.4. The van der Waals surface area contributed by atoms with Crippen LogP contribution in [0.25, 0.3) is 38.6 Å². The lowest BCUT2D eigenvalue weighted by Gasteiger charge is -2.34. The summed E-state index contributed by atoms with van der Waals surface area (Å²) in [7, 11) is 0. The summed E-state index contributed by atoms with van der Waals surface area (Å²) >= 11 is 0. The number of benzene rings is 8. The molecular formula is C53H39N. The zero-order valence-corrected chi connectivity index (χ0v) is 30.0. The molecule has 0 fully saturated rings. The molecule has 1 heteroatoms. The third kappa shape index (κ3) is 5.77. The summed E-state index contributed by atoms with van der Waals surface area (Å²) < 4.78 is 0. The van der Waals surface area contributed by atoms with E-state index in [1.54, 1.807) is 0 Å². The Labute approximate surface area is 318 Å². The van der Waals surface area contributed by atoms with Crippen LogP contribution in [0.3, 0.4) is 0 Å². The van der Waals surface area contributed by atoms with Gasteiger partial charge in [0.1, 0.15) is 0 Å². The minimum absolute atomic E-state index is 0.478. The molecule has 0 saturated carbocycles. The first-order valence-electron chi connectivity index (χ1n) is 18.5. The van der Waals surface area contributed by atoms with E-state index in [1.807, 2.05) is 6.08 Å². The number of allylic oxidation sites excluding steroid dienone is 4. The van der Waals surface area contributed by atoms with Crippen LogP contribution in [0.15, 0.2) is 231 Å². The van der Waals surface area contributed by atoms with Gasteiger partial charge in [-0.15, -0.1) is 0 Å². The molecule has 0 spiro atoms. The molecule has 8 aromatic carbocycles. The molecule has 54 heavy (non-hydrogen) atoms. The predicted molar refractivity (Wildman–Crippen MR) is 229 cm³/mol.